The van der Waals surface area contributed by atoms with Crippen LogP contribution in [0.1, 0.15) is 13.8 Å². The smallest absolute Gasteiger partial charge is 0.236 e. The molecule has 0 heterocycles. The summed E-state index contributed by atoms with van der Waals surface area (Å²) in [5.41, 5.74) is 0. The standard InChI is InChI=1S/C11H24N2O4S/c1-5-13(10(2)9-18(4,15)16)11(14)8-12-6-7-17-3/h10,12H,5-9H2,1-4H3. The third-order valence-electron chi connectivity index (χ3n) is 2.50. The van der Waals surface area contributed by atoms with E-state index in [-0.39, 0.29) is 24.2 Å². The van der Waals surface area contributed by atoms with Gasteiger partial charge in [-0.3, -0.25) is 4.79 Å². The van der Waals surface area contributed by atoms with Gasteiger partial charge < -0.3 is 15.0 Å². The summed E-state index contributed by atoms with van der Waals surface area (Å²) >= 11 is 0. The number of carbonyl (C=O) groups is 1. The topological polar surface area (TPSA) is 75.7 Å². The highest BCUT2D eigenvalue weighted by Crippen LogP contribution is 2.02. The van der Waals surface area contributed by atoms with Gasteiger partial charge in [-0.1, -0.05) is 0 Å². The Hall–Kier alpha value is -0.660. The molecule has 0 bridgehead atoms. The van der Waals surface area contributed by atoms with Crippen LogP contribution in [0.25, 0.3) is 0 Å². The molecule has 0 aliphatic carbocycles. The molecule has 1 atom stereocenters. The molecule has 0 fully saturated rings. The molecule has 0 aliphatic rings. The Morgan fingerprint density at radius 1 is 1.44 bits per heavy atom. The lowest BCUT2D eigenvalue weighted by Gasteiger charge is -2.27. The van der Waals surface area contributed by atoms with E-state index in [0.717, 1.165) is 0 Å². The molecule has 0 spiro atoms. The Morgan fingerprint density at radius 3 is 2.50 bits per heavy atom. The van der Waals surface area contributed by atoms with Crippen molar-refractivity contribution in [1.82, 2.24) is 10.2 Å². The lowest BCUT2D eigenvalue weighted by molar-refractivity contribution is -0.131. The molecule has 0 aromatic heterocycles. The first kappa shape index (κ1) is 17.3. The van der Waals surface area contributed by atoms with Crippen molar-refractivity contribution in [2.45, 2.75) is 19.9 Å². The maximum absolute atomic E-state index is 11.9. The van der Waals surface area contributed by atoms with E-state index in [1.165, 1.54) is 6.26 Å². The van der Waals surface area contributed by atoms with Crippen molar-refractivity contribution in [1.29, 1.82) is 0 Å². The molecule has 1 unspecified atom stereocenters. The van der Waals surface area contributed by atoms with Crippen LogP contribution in [0.4, 0.5) is 0 Å². The molecule has 6 nitrogen and oxygen atoms in total. The van der Waals surface area contributed by atoms with Gasteiger partial charge in [0.1, 0.15) is 9.84 Å². The first-order valence-corrected chi connectivity index (χ1v) is 8.04. The zero-order valence-corrected chi connectivity index (χ0v) is 12.4. The summed E-state index contributed by atoms with van der Waals surface area (Å²) in [6, 6.07) is -0.304. The van der Waals surface area contributed by atoms with Gasteiger partial charge in [0.2, 0.25) is 5.91 Å². The van der Waals surface area contributed by atoms with Crippen LogP contribution in [0.5, 0.6) is 0 Å². The first-order valence-electron chi connectivity index (χ1n) is 5.98. The molecular weight excluding hydrogens is 256 g/mol. The summed E-state index contributed by atoms with van der Waals surface area (Å²) in [6.07, 6.45) is 1.18. The Bertz CT molecular complexity index is 343. The highest BCUT2D eigenvalue weighted by Gasteiger charge is 2.21. The fraction of sp³-hybridized carbons (Fsp3) is 0.909. The maximum Gasteiger partial charge on any atom is 0.236 e. The van der Waals surface area contributed by atoms with Crippen LogP contribution >= 0.6 is 0 Å². The number of amides is 1. The van der Waals surface area contributed by atoms with Crippen molar-refractivity contribution >= 4 is 15.7 Å². The van der Waals surface area contributed by atoms with E-state index in [2.05, 4.69) is 5.32 Å². The van der Waals surface area contributed by atoms with E-state index >= 15 is 0 Å². The predicted molar refractivity (Wildman–Crippen MR) is 71.3 cm³/mol. The molecule has 0 rings (SSSR count). The number of nitrogens with zero attached hydrogens (tertiary/aromatic N) is 1. The average molecular weight is 280 g/mol. The minimum Gasteiger partial charge on any atom is -0.383 e. The number of nitrogens with one attached hydrogen (secondary N) is 1. The van der Waals surface area contributed by atoms with Gasteiger partial charge in [-0.2, -0.15) is 0 Å². The van der Waals surface area contributed by atoms with E-state index < -0.39 is 9.84 Å². The zero-order valence-electron chi connectivity index (χ0n) is 11.6. The Kier molecular flexibility index (Phi) is 8.13. The summed E-state index contributed by atoms with van der Waals surface area (Å²) in [7, 11) is -1.48. The third-order valence-corrected chi connectivity index (χ3v) is 3.58. The molecule has 0 radical (unpaired) electrons. The minimum absolute atomic E-state index is 0.00927. The molecule has 0 aliphatic heterocycles. The molecule has 108 valence electrons. The van der Waals surface area contributed by atoms with Crippen LogP contribution in [-0.2, 0) is 19.4 Å². The van der Waals surface area contributed by atoms with E-state index in [1.807, 2.05) is 6.92 Å². The third kappa shape index (κ3) is 7.62. The second-order valence-corrected chi connectivity index (χ2v) is 6.48. The van der Waals surface area contributed by atoms with Crippen LogP contribution in [-0.4, -0.2) is 70.6 Å². The van der Waals surface area contributed by atoms with Crippen molar-refractivity contribution in [3.05, 3.63) is 0 Å². The molecule has 0 saturated heterocycles. The molecular formula is C11H24N2O4S. The Balaban J connectivity index is 4.26. The molecule has 0 aromatic rings. The van der Waals surface area contributed by atoms with Crippen LogP contribution < -0.4 is 5.32 Å². The Morgan fingerprint density at radius 2 is 2.06 bits per heavy atom. The van der Waals surface area contributed by atoms with Crippen LogP contribution in [0.3, 0.4) is 0 Å². The molecule has 18 heavy (non-hydrogen) atoms. The number of ether oxygens (including phenoxy) is 1. The summed E-state index contributed by atoms with van der Waals surface area (Å²) < 4.78 is 27.3. The lowest BCUT2D eigenvalue weighted by Crippen LogP contribution is -2.46. The van der Waals surface area contributed by atoms with Crippen LogP contribution in [0.15, 0.2) is 0 Å². The molecule has 0 saturated carbocycles. The van der Waals surface area contributed by atoms with E-state index in [1.54, 1.807) is 18.9 Å². The average Bonchev–Trinajstić information content (AvgIpc) is 2.23. The monoisotopic (exact) mass is 280 g/mol. The van der Waals surface area contributed by atoms with Gasteiger partial charge in [-0.05, 0) is 13.8 Å². The summed E-state index contributed by atoms with van der Waals surface area (Å²) in [6.45, 7) is 5.43. The predicted octanol–water partition coefficient (Wildman–Crippen LogP) is -0.496. The van der Waals surface area contributed by atoms with Gasteiger partial charge >= 0.3 is 0 Å². The minimum atomic E-state index is -3.08. The van der Waals surface area contributed by atoms with Gasteiger partial charge in [-0.25, -0.2) is 8.42 Å². The van der Waals surface area contributed by atoms with Crippen molar-refractivity contribution in [2.24, 2.45) is 0 Å². The summed E-state index contributed by atoms with van der Waals surface area (Å²) in [5, 5.41) is 2.95. The molecule has 7 heteroatoms. The van der Waals surface area contributed by atoms with Crippen LogP contribution in [0.2, 0.25) is 0 Å². The zero-order chi connectivity index (χ0) is 14.2. The molecule has 0 aromatic carbocycles. The number of sulfone groups is 1. The second kappa shape index (κ2) is 8.44. The summed E-state index contributed by atoms with van der Waals surface area (Å²) in [5.74, 6) is -0.102. The van der Waals surface area contributed by atoms with Gasteiger partial charge in [0, 0.05) is 32.5 Å². The number of carbonyl (C=O) groups excluding carboxylic acids is 1. The van der Waals surface area contributed by atoms with Gasteiger partial charge in [0.05, 0.1) is 18.9 Å². The summed E-state index contributed by atoms with van der Waals surface area (Å²) in [4.78, 5) is 13.5. The number of hydrogen-bond acceptors (Lipinski definition) is 5. The number of methoxy groups -OCH3 is 1. The van der Waals surface area contributed by atoms with Gasteiger partial charge in [0.25, 0.3) is 0 Å². The van der Waals surface area contributed by atoms with E-state index in [4.69, 9.17) is 4.74 Å². The number of likely N-dealkylation sites (N-methyl/N-ethyl adjacent to an activating group) is 1. The van der Waals surface area contributed by atoms with E-state index in [9.17, 15) is 13.2 Å². The van der Waals surface area contributed by atoms with Crippen molar-refractivity contribution in [3.8, 4) is 0 Å². The highest BCUT2D eigenvalue weighted by molar-refractivity contribution is 7.90. The SMILES string of the molecule is CCN(C(=O)CNCCOC)C(C)CS(C)(=O)=O. The first-order chi connectivity index (χ1) is 8.31. The van der Waals surface area contributed by atoms with Crippen molar-refractivity contribution in [2.75, 3.05) is 45.4 Å². The second-order valence-electron chi connectivity index (χ2n) is 4.29. The van der Waals surface area contributed by atoms with Crippen molar-refractivity contribution < 1.29 is 17.9 Å². The molecule has 1 N–H and O–H groups in total. The highest BCUT2D eigenvalue weighted by atomic mass is 32.2. The largest absolute Gasteiger partial charge is 0.383 e. The number of hydrogen-bond donors (Lipinski definition) is 1. The number of rotatable bonds is 9. The quantitative estimate of drug-likeness (QED) is 0.577. The normalized spacial score (nSPS) is 13.3. The van der Waals surface area contributed by atoms with Gasteiger partial charge in [0.15, 0.2) is 0 Å². The maximum atomic E-state index is 11.9. The fourth-order valence-electron chi connectivity index (χ4n) is 1.73. The lowest BCUT2D eigenvalue weighted by atomic mass is 10.3. The van der Waals surface area contributed by atoms with Crippen molar-refractivity contribution in [3.63, 3.8) is 0 Å². The van der Waals surface area contributed by atoms with Gasteiger partial charge in [-0.15, -0.1) is 0 Å². The fourth-order valence-corrected chi connectivity index (χ4v) is 2.79. The Labute approximate surface area is 110 Å². The van der Waals surface area contributed by atoms with Crippen LogP contribution in [0, 0.1) is 0 Å². The van der Waals surface area contributed by atoms with E-state index in [0.29, 0.717) is 19.7 Å². The molecule has 1 amide bonds.